The van der Waals surface area contributed by atoms with Crippen molar-refractivity contribution in [1.29, 1.82) is 0 Å². The van der Waals surface area contributed by atoms with Crippen molar-refractivity contribution in [1.82, 2.24) is 0 Å². The number of benzene rings is 1. The second-order valence-corrected chi connectivity index (χ2v) is 7.44. The SMILES string of the molecule is COC(=O)c1ccc2c(c1)N(C(C)=O)C(=O)/C2=C(\OC)C1CCSCC1. The van der Waals surface area contributed by atoms with Crippen molar-refractivity contribution in [2.75, 3.05) is 30.6 Å². The Labute approximate surface area is 156 Å². The molecule has 0 saturated carbocycles. The Morgan fingerprint density at radius 3 is 2.42 bits per heavy atom. The fourth-order valence-corrected chi connectivity index (χ4v) is 4.60. The second kappa shape index (κ2) is 7.53. The van der Waals surface area contributed by atoms with Gasteiger partial charge in [0.05, 0.1) is 31.0 Å². The van der Waals surface area contributed by atoms with Crippen LogP contribution in [0.4, 0.5) is 5.69 Å². The number of hydrogen-bond donors (Lipinski definition) is 0. The summed E-state index contributed by atoms with van der Waals surface area (Å²) in [6.07, 6.45) is 1.86. The van der Waals surface area contributed by atoms with Crippen LogP contribution in [0.15, 0.2) is 24.0 Å². The summed E-state index contributed by atoms with van der Waals surface area (Å²) in [6, 6.07) is 4.82. The molecule has 0 spiro atoms. The predicted molar refractivity (Wildman–Crippen MR) is 99.9 cm³/mol. The van der Waals surface area contributed by atoms with E-state index in [0.717, 1.165) is 29.2 Å². The van der Waals surface area contributed by atoms with Crippen molar-refractivity contribution in [3.63, 3.8) is 0 Å². The van der Waals surface area contributed by atoms with E-state index in [4.69, 9.17) is 9.47 Å². The van der Waals surface area contributed by atoms with Crippen LogP contribution in [0.1, 0.15) is 35.7 Å². The van der Waals surface area contributed by atoms with E-state index in [1.54, 1.807) is 19.2 Å². The normalized spacial score (nSPS) is 19.2. The number of anilines is 1. The molecule has 0 aromatic heterocycles. The predicted octanol–water partition coefficient (Wildman–Crippen LogP) is 2.87. The number of carbonyl (C=O) groups excluding carboxylic acids is 3. The Morgan fingerprint density at radius 2 is 1.85 bits per heavy atom. The fraction of sp³-hybridized carbons (Fsp3) is 0.421. The van der Waals surface area contributed by atoms with Crippen molar-refractivity contribution < 1.29 is 23.9 Å². The lowest BCUT2D eigenvalue weighted by Gasteiger charge is -2.24. The van der Waals surface area contributed by atoms with Gasteiger partial charge in [-0.05, 0) is 36.5 Å². The number of hydrogen-bond acceptors (Lipinski definition) is 6. The monoisotopic (exact) mass is 375 g/mol. The van der Waals surface area contributed by atoms with Gasteiger partial charge in [0.15, 0.2) is 0 Å². The molecule has 2 heterocycles. The number of ether oxygens (including phenoxy) is 2. The third-order valence-electron chi connectivity index (χ3n) is 4.72. The number of allylic oxidation sites excluding steroid dienone is 1. The average Bonchev–Trinajstić information content (AvgIpc) is 2.94. The number of fused-ring (bicyclic) bond motifs is 1. The van der Waals surface area contributed by atoms with Crippen molar-refractivity contribution >= 4 is 40.8 Å². The molecule has 1 aromatic carbocycles. The lowest BCUT2D eigenvalue weighted by atomic mass is 9.93. The molecule has 2 aliphatic rings. The van der Waals surface area contributed by atoms with Crippen molar-refractivity contribution in [3.8, 4) is 0 Å². The van der Waals surface area contributed by atoms with Gasteiger partial charge in [0.25, 0.3) is 5.91 Å². The maximum atomic E-state index is 13.0. The van der Waals surface area contributed by atoms with Crippen LogP contribution >= 0.6 is 11.8 Å². The van der Waals surface area contributed by atoms with Crippen LogP contribution in [0.2, 0.25) is 0 Å². The van der Waals surface area contributed by atoms with Crippen LogP contribution in [0, 0.1) is 5.92 Å². The molecule has 0 N–H and O–H groups in total. The van der Waals surface area contributed by atoms with Crippen molar-refractivity contribution in [2.24, 2.45) is 5.92 Å². The maximum absolute atomic E-state index is 13.0. The number of amides is 2. The second-order valence-electron chi connectivity index (χ2n) is 6.21. The van der Waals surface area contributed by atoms with Gasteiger partial charge >= 0.3 is 5.97 Å². The van der Waals surface area contributed by atoms with Gasteiger partial charge in [-0.25, -0.2) is 9.69 Å². The van der Waals surface area contributed by atoms with Crippen molar-refractivity contribution in [3.05, 3.63) is 35.1 Å². The molecule has 7 heteroatoms. The number of nitrogens with zero attached hydrogens (tertiary/aromatic N) is 1. The standard InChI is InChI=1S/C19H21NO5S/c1-11(21)20-15-10-13(19(23)25-3)4-5-14(15)16(18(20)22)17(24-2)12-6-8-26-9-7-12/h4-5,10,12H,6-9H2,1-3H3/b17-16-. The van der Waals surface area contributed by atoms with E-state index in [2.05, 4.69) is 0 Å². The zero-order valence-electron chi connectivity index (χ0n) is 15.0. The number of imide groups is 1. The quantitative estimate of drug-likeness (QED) is 0.460. The summed E-state index contributed by atoms with van der Waals surface area (Å²) in [6.45, 7) is 1.33. The molecule has 0 atom stereocenters. The van der Waals surface area contributed by atoms with Crippen LogP contribution in [0.25, 0.3) is 5.57 Å². The molecular weight excluding hydrogens is 354 g/mol. The molecule has 0 radical (unpaired) electrons. The Hall–Kier alpha value is -2.28. The molecule has 3 rings (SSSR count). The third-order valence-corrected chi connectivity index (χ3v) is 5.77. The highest BCUT2D eigenvalue weighted by molar-refractivity contribution is 7.99. The average molecular weight is 375 g/mol. The largest absolute Gasteiger partial charge is 0.500 e. The molecule has 2 aliphatic heterocycles. The molecular formula is C19H21NO5S. The van der Waals surface area contributed by atoms with Gasteiger partial charge in [-0.2, -0.15) is 11.8 Å². The Kier molecular flexibility index (Phi) is 5.36. The molecule has 1 saturated heterocycles. The maximum Gasteiger partial charge on any atom is 0.337 e. The minimum atomic E-state index is -0.516. The Bertz CT molecular complexity index is 795. The van der Waals surface area contributed by atoms with Gasteiger partial charge in [0.2, 0.25) is 5.91 Å². The number of carbonyl (C=O) groups is 3. The van der Waals surface area contributed by atoms with E-state index in [-0.39, 0.29) is 5.92 Å². The van der Waals surface area contributed by atoms with Gasteiger partial charge in [0.1, 0.15) is 5.76 Å². The molecule has 6 nitrogen and oxygen atoms in total. The summed E-state index contributed by atoms with van der Waals surface area (Å²) in [5, 5.41) is 0. The highest BCUT2D eigenvalue weighted by atomic mass is 32.2. The van der Waals surface area contributed by atoms with E-state index < -0.39 is 17.8 Å². The molecule has 1 aromatic rings. The minimum absolute atomic E-state index is 0.153. The van der Waals surface area contributed by atoms with Gasteiger partial charge < -0.3 is 9.47 Å². The molecule has 1 fully saturated rings. The van der Waals surface area contributed by atoms with Crippen LogP contribution in [-0.4, -0.2) is 43.5 Å². The van der Waals surface area contributed by atoms with Crippen LogP contribution < -0.4 is 4.90 Å². The van der Waals surface area contributed by atoms with Crippen LogP contribution in [-0.2, 0) is 19.1 Å². The molecule has 26 heavy (non-hydrogen) atoms. The van der Waals surface area contributed by atoms with E-state index in [1.807, 2.05) is 11.8 Å². The Balaban J connectivity index is 2.16. The molecule has 138 valence electrons. The zero-order chi connectivity index (χ0) is 18.8. The third kappa shape index (κ3) is 3.11. The van der Waals surface area contributed by atoms with Gasteiger partial charge in [-0.3, -0.25) is 9.59 Å². The number of methoxy groups -OCH3 is 2. The first-order valence-electron chi connectivity index (χ1n) is 8.43. The summed E-state index contributed by atoms with van der Waals surface area (Å²) in [5.41, 5.74) is 1.73. The summed E-state index contributed by atoms with van der Waals surface area (Å²) in [4.78, 5) is 38.1. The van der Waals surface area contributed by atoms with E-state index >= 15 is 0 Å². The lowest BCUT2D eigenvalue weighted by molar-refractivity contribution is -0.122. The van der Waals surface area contributed by atoms with E-state index in [0.29, 0.717) is 28.1 Å². The zero-order valence-corrected chi connectivity index (χ0v) is 15.9. The number of rotatable bonds is 3. The molecule has 0 aliphatic carbocycles. The van der Waals surface area contributed by atoms with E-state index in [9.17, 15) is 14.4 Å². The highest BCUT2D eigenvalue weighted by Gasteiger charge is 2.40. The van der Waals surface area contributed by atoms with Gasteiger partial charge in [-0.15, -0.1) is 0 Å². The van der Waals surface area contributed by atoms with Crippen LogP contribution in [0.5, 0.6) is 0 Å². The summed E-state index contributed by atoms with van der Waals surface area (Å²) < 4.78 is 10.4. The fourth-order valence-electron chi connectivity index (χ4n) is 3.49. The topological polar surface area (TPSA) is 72.9 Å². The highest BCUT2D eigenvalue weighted by Crippen LogP contribution is 2.43. The van der Waals surface area contributed by atoms with Gasteiger partial charge in [-0.1, -0.05) is 6.07 Å². The van der Waals surface area contributed by atoms with Crippen molar-refractivity contribution in [2.45, 2.75) is 19.8 Å². The summed E-state index contributed by atoms with van der Waals surface area (Å²) in [5.74, 6) is 1.50. The molecule has 2 amide bonds. The van der Waals surface area contributed by atoms with E-state index in [1.165, 1.54) is 20.1 Å². The first-order valence-corrected chi connectivity index (χ1v) is 9.58. The van der Waals surface area contributed by atoms with Gasteiger partial charge in [0, 0.05) is 18.4 Å². The minimum Gasteiger partial charge on any atom is -0.500 e. The summed E-state index contributed by atoms with van der Waals surface area (Å²) in [7, 11) is 2.86. The molecule has 0 bridgehead atoms. The number of esters is 1. The van der Waals surface area contributed by atoms with Crippen LogP contribution in [0.3, 0.4) is 0 Å². The lowest BCUT2D eigenvalue weighted by Crippen LogP contribution is -2.32. The first kappa shape index (κ1) is 18.5. The Morgan fingerprint density at radius 1 is 1.15 bits per heavy atom. The molecule has 0 unspecified atom stereocenters. The summed E-state index contributed by atoms with van der Waals surface area (Å²) >= 11 is 1.89. The number of thioether (sulfide) groups is 1. The smallest absolute Gasteiger partial charge is 0.337 e. The first-order chi connectivity index (χ1) is 12.5.